The Morgan fingerprint density at radius 1 is 0.473 bits per heavy atom. The Bertz CT molecular complexity index is 3490. The lowest BCUT2D eigenvalue weighted by Gasteiger charge is -2.47. The van der Waals surface area contributed by atoms with E-state index in [9.17, 15) is 0 Å². The number of fused-ring (bicyclic) bond motifs is 9. The molecule has 1 aromatic heterocycles. The molecule has 0 radical (unpaired) electrons. The second-order valence-electron chi connectivity index (χ2n) is 29.8. The van der Waals surface area contributed by atoms with Crippen LogP contribution in [0.25, 0.3) is 21.2 Å². The van der Waals surface area contributed by atoms with Crippen LogP contribution in [0.2, 0.25) is 19.6 Å². The Kier molecular flexibility index (Phi) is 10.7. The molecule has 0 bridgehead atoms. The van der Waals surface area contributed by atoms with E-state index in [1.807, 2.05) is 11.3 Å². The molecule has 0 unspecified atom stereocenters. The standard InChI is InChI=1S/C69H83BN2SSi/c1-63(2,3)43-23-25-44(26-24-43)72-57-36-42(46-21-19-20-22-59(46)74(16,17)18)35-56-61(57)70(60-47-38-50-53(41-58(47)73-62(60)72)69(14,15)34-31-66(50,8)9)54-39-51-52(68(12,13)33-32-67(51,10)11)40-55(54)71(56)45-27-28-48-49(37-45)65(6,7)30-29-64(48,4)5/h19-28,35-41H,29-34H2,1-18H3. The van der Waals surface area contributed by atoms with Crippen LogP contribution in [0.1, 0.15) is 181 Å². The zero-order chi connectivity index (χ0) is 52.8. The summed E-state index contributed by atoms with van der Waals surface area (Å²) in [5.74, 6) is 0. The van der Waals surface area contributed by atoms with Crippen LogP contribution in [0.5, 0.6) is 0 Å². The fraction of sp³-hybridized carbons (Fsp3) is 0.449. The van der Waals surface area contributed by atoms with Gasteiger partial charge in [-0.2, -0.15) is 0 Å². The Morgan fingerprint density at radius 3 is 1.53 bits per heavy atom. The molecule has 7 aromatic rings. The molecule has 0 atom stereocenters. The molecule has 5 aliphatic rings. The SMILES string of the molecule is CC(C)(C)c1ccc(N2c3cc(-c4ccccc4[Si](C)(C)C)cc4c3B(c3cc5c(cc3N4c3ccc4c(c3)C(C)(C)CCC4(C)C)C(C)(C)CCC5(C)C)c3c2sc2cc4c(cc32)C(C)(C)CCC4(C)C)cc1. The number of rotatable bonds is 4. The van der Waals surface area contributed by atoms with Crippen molar-refractivity contribution in [2.24, 2.45) is 0 Å². The largest absolute Gasteiger partial charge is 0.311 e. The lowest BCUT2D eigenvalue weighted by atomic mass is 9.33. The molecule has 0 fully saturated rings. The summed E-state index contributed by atoms with van der Waals surface area (Å²) in [5, 5.41) is 4.32. The molecule has 6 aromatic carbocycles. The average molecular weight is 1010 g/mol. The third-order valence-corrected chi connectivity index (χ3v) is 23.0. The minimum Gasteiger partial charge on any atom is -0.311 e. The molecule has 5 heteroatoms. The van der Waals surface area contributed by atoms with Gasteiger partial charge in [0.1, 0.15) is 0 Å². The van der Waals surface area contributed by atoms with E-state index < -0.39 is 8.07 Å². The predicted molar refractivity (Wildman–Crippen MR) is 329 cm³/mol. The van der Waals surface area contributed by atoms with Crippen molar-refractivity contribution in [3.63, 3.8) is 0 Å². The average Bonchev–Trinajstić information content (AvgIpc) is 3.70. The van der Waals surface area contributed by atoms with Crippen LogP contribution in [-0.2, 0) is 37.9 Å². The maximum Gasteiger partial charge on any atom is 0.254 e. The Morgan fingerprint density at radius 2 is 0.959 bits per heavy atom. The number of hydrogen-bond acceptors (Lipinski definition) is 3. The van der Waals surface area contributed by atoms with Crippen molar-refractivity contribution in [2.75, 3.05) is 9.80 Å². The van der Waals surface area contributed by atoms with Gasteiger partial charge in [0.2, 0.25) is 0 Å². The minimum atomic E-state index is -1.80. The fourth-order valence-corrected chi connectivity index (χ4v) is 17.5. The van der Waals surface area contributed by atoms with Crippen LogP contribution < -0.4 is 31.4 Å². The molecule has 0 saturated carbocycles. The van der Waals surface area contributed by atoms with Crippen LogP contribution in [0.3, 0.4) is 0 Å². The van der Waals surface area contributed by atoms with Gasteiger partial charge in [-0.25, -0.2) is 0 Å². The third kappa shape index (κ3) is 7.49. The van der Waals surface area contributed by atoms with Crippen molar-refractivity contribution in [3.8, 4) is 11.1 Å². The molecule has 2 aliphatic heterocycles. The summed E-state index contributed by atoms with van der Waals surface area (Å²) in [6.07, 6.45) is 7.13. The van der Waals surface area contributed by atoms with E-state index >= 15 is 0 Å². The molecule has 12 rings (SSSR count). The molecule has 3 aliphatic carbocycles. The highest BCUT2D eigenvalue weighted by atomic mass is 32.1. The summed E-state index contributed by atoms with van der Waals surface area (Å²) in [6.45, 7) is 44.6. The summed E-state index contributed by atoms with van der Waals surface area (Å²) in [5.41, 5.74) is 24.5. The van der Waals surface area contributed by atoms with Gasteiger partial charge in [0, 0.05) is 33.1 Å². The van der Waals surface area contributed by atoms with E-state index in [2.05, 4.69) is 236 Å². The normalized spacial score (nSPS) is 20.3. The van der Waals surface area contributed by atoms with E-state index in [0.29, 0.717) is 0 Å². The Hall–Kier alpha value is -4.84. The van der Waals surface area contributed by atoms with Gasteiger partial charge in [0.05, 0.1) is 13.1 Å². The van der Waals surface area contributed by atoms with Gasteiger partial charge < -0.3 is 9.80 Å². The molecule has 382 valence electrons. The first-order valence-electron chi connectivity index (χ1n) is 28.3. The van der Waals surface area contributed by atoms with Gasteiger partial charge in [-0.05, 0) is 203 Å². The predicted octanol–water partition coefficient (Wildman–Crippen LogP) is 17.5. The molecule has 74 heavy (non-hydrogen) atoms. The second kappa shape index (κ2) is 15.9. The van der Waals surface area contributed by atoms with Crippen molar-refractivity contribution in [2.45, 2.75) is 200 Å². The van der Waals surface area contributed by atoms with Gasteiger partial charge in [0.25, 0.3) is 6.71 Å². The Labute approximate surface area is 451 Å². The summed E-state index contributed by atoms with van der Waals surface area (Å²) < 4.78 is 1.41. The first-order valence-corrected chi connectivity index (χ1v) is 32.7. The van der Waals surface area contributed by atoms with Crippen LogP contribution in [0.4, 0.5) is 33.4 Å². The number of nitrogens with zero attached hydrogens (tertiary/aromatic N) is 2. The van der Waals surface area contributed by atoms with Crippen molar-refractivity contribution in [1.29, 1.82) is 0 Å². The minimum absolute atomic E-state index is 0.0262. The summed E-state index contributed by atoms with van der Waals surface area (Å²) in [4.78, 5) is 5.50. The van der Waals surface area contributed by atoms with E-state index in [4.69, 9.17) is 0 Å². The van der Waals surface area contributed by atoms with Gasteiger partial charge in [0.15, 0.2) is 0 Å². The molecule has 0 N–H and O–H groups in total. The monoisotopic (exact) mass is 1010 g/mol. The van der Waals surface area contributed by atoms with Crippen molar-refractivity contribution in [3.05, 3.63) is 142 Å². The zero-order valence-corrected chi connectivity index (χ0v) is 50.3. The van der Waals surface area contributed by atoms with E-state index in [-0.39, 0.29) is 44.6 Å². The molecule has 0 saturated heterocycles. The zero-order valence-electron chi connectivity index (χ0n) is 48.4. The summed E-state index contributed by atoms with van der Waals surface area (Å²) in [6, 6.07) is 42.9. The molecular formula is C69H83BN2SSi. The number of anilines is 6. The maximum atomic E-state index is 2.77. The summed E-state index contributed by atoms with van der Waals surface area (Å²) >= 11 is 2.04. The van der Waals surface area contributed by atoms with Crippen LogP contribution >= 0.6 is 11.3 Å². The highest BCUT2D eigenvalue weighted by Gasteiger charge is 2.50. The van der Waals surface area contributed by atoms with Gasteiger partial charge in [-0.3, -0.25) is 0 Å². The topological polar surface area (TPSA) is 6.48 Å². The molecule has 0 spiro atoms. The second-order valence-corrected chi connectivity index (χ2v) is 35.9. The highest BCUT2D eigenvalue weighted by molar-refractivity contribution is 7.26. The third-order valence-electron chi connectivity index (χ3n) is 19.8. The van der Waals surface area contributed by atoms with Crippen LogP contribution in [0.15, 0.2) is 103 Å². The van der Waals surface area contributed by atoms with Gasteiger partial charge in [-0.1, -0.05) is 177 Å². The van der Waals surface area contributed by atoms with E-state index in [1.165, 1.54) is 154 Å². The highest BCUT2D eigenvalue weighted by Crippen LogP contribution is 2.56. The lowest BCUT2D eigenvalue weighted by Crippen LogP contribution is -2.61. The van der Waals surface area contributed by atoms with Gasteiger partial charge >= 0.3 is 0 Å². The number of hydrogen-bond donors (Lipinski definition) is 0. The Balaban J connectivity index is 1.27. The maximum absolute atomic E-state index is 2.77. The van der Waals surface area contributed by atoms with Crippen LogP contribution in [-0.4, -0.2) is 14.8 Å². The van der Waals surface area contributed by atoms with E-state index in [1.54, 1.807) is 0 Å². The molecule has 0 amide bonds. The smallest absolute Gasteiger partial charge is 0.254 e. The number of benzene rings is 6. The first kappa shape index (κ1) is 50.0. The molecule has 3 heterocycles. The van der Waals surface area contributed by atoms with Crippen molar-refractivity contribution in [1.82, 2.24) is 0 Å². The summed E-state index contributed by atoms with van der Waals surface area (Å²) in [7, 11) is -1.80. The molecular weight excluding hydrogens is 928 g/mol. The first-order chi connectivity index (χ1) is 34.4. The van der Waals surface area contributed by atoms with E-state index in [0.717, 1.165) is 0 Å². The number of thiophene rings is 1. The van der Waals surface area contributed by atoms with Crippen molar-refractivity contribution >= 4 is 91.2 Å². The van der Waals surface area contributed by atoms with Gasteiger partial charge in [-0.15, -0.1) is 11.3 Å². The fourth-order valence-electron chi connectivity index (χ4n) is 14.5. The lowest BCUT2D eigenvalue weighted by molar-refractivity contribution is 0.332. The van der Waals surface area contributed by atoms with Crippen LogP contribution in [0, 0.1) is 0 Å². The quantitative estimate of drug-likeness (QED) is 0.162. The van der Waals surface area contributed by atoms with Crippen molar-refractivity contribution < 1.29 is 0 Å². The molecule has 2 nitrogen and oxygen atoms in total.